The minimum atomic E-state index is -0.377. The van der Waals surface area contributed by atoms with Crippen LogP contribution in [0.2, 0.25) is 0 Å². The molecule has 1 N–H and O–H groups in total. The fourth-order valence-electron chi connectivity index (χ4n) is 0.766. The first-order chi connectivity index (χ1) is 4.70. The first-order valence-corrected chi connectivity index (χ1v) is 3.93. The number of aliphatic hydroxyl groups excluding tert-OH is 1. The van der Waals surface area contributed by atoms with E-state index in [1.54, 1.807) is 6.92 Å². The molecule has 0 bridgehead atoms. The van der Waals surface area contributed by atoms with Crippen LogP contribution < -0.4 is 0 Å². The molecule has 0 aliphatic heterocycles. The van der Waals surface area contributed by atoms with Crippen LogP contribution in [0.4, 0.5) is 0 Å². The number of halogens is 2. The summed E-state index contributed by atoms with van der Waals surface area (Å²) in [5.74, 6) is 0. The quantitative estimate of drug-likeness (QED) is 0.796. The molecule has 0 fully saturated rings. The van der Waals surface area contributed by atoms with Crippen molar-refractivity contribution in [3.63, 3.8) is 0 Å². The Bertz CT molecular complexity index is 225. The number of aliphatic hydroxyl groups is 1. The van der Waals surface area contributed by atoms with Crippen LogP contribution >= 0.6 is 28.3 Å². The van der Waals surface area contributed by atoms with E-state index in [0.29, 0.717) is 0 Å². The predicted molar refractivity (Wildman–Crippen MR) is 52.0 cm³/mol. The molecule has 0 spiro atoms. The molecule has 3 heteroatoms. The van der Waals surface area contributed by atoms with Gasteiger partial charge in [-0.05, 0) is 24.6 Å². The Kier molecular flexibility index (Phi) is 4.73. The van der Waals surface area contributed by atoms with Gasteiger partial charge in [-0.25, -0.2) is 0 Å². The van der Waals surface area contributed by atoms with Gasteiger partial charge in [-0.15, -0.1) is 12.4 Å². The molecular weight excluding hydrogens is 227 g/mol. The molecule has 0 amide bonds. The molecule has 1 unspecified atom stereocenters. The van der Waals surface area contributed by atoms with E-state index in [0.717, 1.165) is 10.0 Å². The maximum atomic E-state index is 9.13. The molecule has 1 rings (SSSR count). The number of hydrogen-bond donors (Lipinski definition) is 1. The maximum Gasteiger partial charge on any atom is 0.0762 e. The van der Waals surface area contributed by atoms with Gasteiger partial charge in [-0.1, -0.05) is 28.1 Å². The summed E-state index contributed by atoms with van der Waals surface area (Å²) in [6.07, 6.45) is -0.377. The Morgan fingerprint density at radius 2 is 2.09 bits per heavy atom. The zero-order valence-electron chi connectivity index (χ0n) is 6.12. The average Bonchev–Trinajstić information content (AvgIpc) is 1.88. The molecule has 0 aliphatic rings. The van der Waals surface area contributed by atoms with Crippen molar-refractivity contribution >= 4 is 28.3 Å². The Labute approximate surface area is 81.0 Å². The van der Waals surface area contributed by atoms with Crippen molar-refractivity contribution in [1.29, 1.82) is 0 Å². The molecule has 0 radical (unpaired) electrons. The van der Waals surface area contributed by atoms with Gasteiger partial charge in [0.1, 0.15) is 0 Å². The molecule has 0 heterocycles. The highest BCUT2D eigenvalue weighted by molar-refractivity contribution is 9.10. The molecule has 0 saturated carbocycles. The Morgan fingerprint density at radius 1 is 1.45 bits per heavy atom. The van der Waals surface area contributed by atoms with Gasteiger partial charge < -0.3 is 5.11 Å². The van der Waals surface area contributed by atoms with E-state index < -0.39 is 0 Å². The molecule has 1 aromatic carbocycles. The van der Waals surface area contributed by atoms with Gasteiger partial charge in [0.15, 0.2) is 0 Å². The highest BCUT2D eigenvalue weighted by Crippen LogP contribution is 2.16. The lowest BCUT2D eigenvalue weighted by molar-refractivity contribution is 0.199. The largest absolute Gasteiger partial charge is 0.389 e. The zero-order chi connectivity index (χ0) is 7.56. The van der Waals surface area contributed by atoms with Crippen LogP contribution in [0.3, 0.4) is 0 Å². The maximum absolute atomic E-state index is 9.13. The molecule has 1 nitrogen and oxygen atoms in total. The van der Waals surface area contributed by atoms with Crippen molar-refractivity contribution in [3.05, 3.63) is 34.3 Å². The van der Waals surface area contributed by atoms with Crippen LogP contribution in [0.25, 0.3) is 0 Å². The minimum Gasteiger partial charge on any atom is -0.389 e. The SMILES string of the molecule is CC(O)c1cccc(Br)c1.Cl. The monoisotopic (exact) mass is 236 g/mol. The fourth-order valence-corrected chi connectivity index (χ4v) is 1.18. The Balaban J connectivity index is 0.000001000. The van der Waals surface area contributed by atoms with Crippen LogP contribution in [-0.4, -0.2) is 5.11 Å². The fraction of sp³-hybridized carbons (Fsp3) is 0.250. The molecule has 0 aromatic heterocycles. The van der Waals surface area contributed by atoms with Crippen LogP contribution in [-0.2, 0) is 0 Å². The molecule has 0 saturated heterocycles. The zero-order valence-corrected chi connectivity index (χ0v) is 8.52. The first-order valence-electron chi connectivity index (χ1n) is 3.13. The summed E-state index contributed by atoms with van der Waals surface area (Å²) in [6.45, 7) is 1.75. The van der Waals surface area contributed by atoms with Gasteiger partial charge in [0.05, 0.1) is 6.10 Å². The summed E-state index contributed by atoms with van der Waals surface area (Å²) in [7, 11) is 0. The second kappa shape index (κ2) is 4.75. The van der Waals surface area contributed by atoms with E-state index in [2.05, 4.69) is 15.9 Å². The van der Waals surface area contributed by atoms with Crippen molar-refractivity contribution in [2.75, 3.05) is 0 Å². The van der Waals surface area contributed by atoms with E-state index >= 15 is 0 Å². The van der Waals surface area contributed by atoms with Crippen molar-refractivity contribution in [2.24, 2.45) is 0 Å². The number of hydrogen-bond acceptors (Lipinski definition) is 1. The van der Waals surface area contributed by atoms with Crippen LogP contribution in [0.1, 0.15) is 18.6 Å². The van der Waals surface area contributed by atoms with E-state index in [-0.39, 0.29) is 18.5 Å². The van der Waals surface area contributed by atoms with Gasteiger partial charge in [0.25, 0.3) is 0 Å². The normalized spacial score (nSPS) is 11.9. The first kappa shape index (κ1) is 11.0. The molecule has 62 valence electrons. The number of rotatable bonds is 1. The lowest BCUT2D eigenvalue weighted by atomic mass is 10.1. The van der Waals surface area contributed by atoms with Gasteiger partial charge in [-0.3, -0.25) is 0 Å². The lowest BCUT2D eigenvalue weighted by Gasteiger charge is -2.02. The molecule has 11 heavy (non-hydrogen) atoms. The molecule has 1 atom stereocenters. The summed E-state index contributed by atoms with van der Waals surface area (Å²) in [5.41, 5.74) is 0.939. The topological polar surface area (TPSA) is 20.2 Å². The van der Waals surface area contributed by atoms with Crippen molar-refractivity contribution < 1.29 is 5.11 Å². The van der Waals surface area contributed by atoms with Crippen molar-refractivity contribution in [2.45, 2.75) is 13.0 Å². The standard InChI is InChI=1S/C8H9BrO.ClH/c1-6(10)7-3-2-4-8(9)5-7;/h2-6,10H,1H3;1H. The summed E-state index contributed by atoms with van der Waals surface area (Å²) in [4.78, 5) is 0. The molecule has 1 aromatic rings. The Morgan fingerprint density at radius 3 is 2.45 bits per heavy atom. The second-order valence-electron chi connectivity index (χ2n) is 2.23. The third-order valence-electron chi connectivity index (χ3n) is 1.33. The third-order valence-corrected chi connectivity index (χ3v) is 1.82. The smallest absolute Gasteiger partial charge is 0.0762 e. The van der Waals surface area contributed by atoms with E-state index in [9.17, 15) is 0 Å². The summed E-state index contributed by atoms with van der Waals surface area (Å²) < 4.78 is 1.01. The van der Waals surface area contributed by atoms with Crippen LogP contribution in [0.15, 0.2) is 28.7 Å². The van der Waals surface area contributed by atoms with Gasteiger partial charge >= 0.3 is 0 Å². The number of benzene rings is 1. The van der Waals surface area contributed by atoms with Gasteiger partial charge in [-0.2, -0.15) is 0 Å². The predicted octanol–water partition coefficient (Wildman–Crippen LogP) is 2.92. The minimum absolute atomic E-state index is 0. The summed E-state index contributed by atoms with van der Waals surface area (Å²) >= 11 is 3.32. The van der Waals surface area contributed by atoms with Crippen LogP contribution in [0, 0.1) is 0 Å². The van der Waals surface area contributed by atoms with E-state index in [1.165, 1.54) is 0 Å². The van der Waals surface area contributed by atoms with E-state index in [1.807, 2.05) is 24.3 Å². The van der Waals surface area contributed by atoms with Crippen LogP contribution in [0.5, 0.6) is 0 Å². The van der Waals surface area contributed by atoms with Crippen molar-refractivity contribution in [1.82, 2.24) is 0 Å². The second-order valence-corrected chi connectivity index (χ2v) is 3.15. The average molecular weight is 238 g/mol. The Hall–Kier alpha value is -0.0500. The third kappa shape index (κ3) is 3.23. The highest BCUT2D eigenvalue weighted by Gasteiger charge is 1.98. The van der Waals surface area contributed by atoms with Gasteiger partial charge in [0, 0.05) is 4.47 Å². The molecule has 0 aliphatic carbocycles. The summed E-state index contributed by atoms with van der Waals surface area (Å²) in [6, 6.07) is 7.65. The molecular formula is C8H10BrClO. The summed E-state index contributed by atoms with van der Waals surface area (Å²) in [5, 5.41) is 9.13. The lowest BCUT2D eigenvalue weighted by Crippen LogP contribution is -1.88. The van der Waals surface area contributed by atoms with Crippen molar-refractivity contribution in [3.8, 4) is 0 Å². The van der Waals surface area contributed by atoms with Gasteiger partial charge in [0.2, 0.25) is 0 Å². The van der Waals surface area contributed by atoms with E-state index in [4.69, 9.17) is 5.11 Å². The highest BCUT2D eigenvalue weighted by atomic mass is 79.9.